The van der Waals surface area contributed by atoms with Crippen molar-refractivity contribution in [1.29, 1.82) is 0 Å². The Bertz CT molecular complexity index is 1080. The number of hydrogen-bond acceptors (Lipinski definition) is 3. The Morgan fingerprint density at radius 2 is 1.83 bits per heavy atom. The highest BCUT2D eigenvalue weighted by atomic mass is 35.5. The Kier molecular flexibility index (Phi) is 6.60. The standard InChI is InChI=1S/C23H26ClN3O2/c1-4-14-25-27-15(3)20(17-12-9-13-18(24)21(17)23(27)29)22(28)26-19(5-2)16-10-7-6-8-11-16/h6-13,19,25H,4-5,14H2,1-3H3,(H,26,28). The summed E-state index contributed by atoms with van der Waals surface area (Å²) >= 11 is 6.35. The van der Waals surface area contributed by atoms with Crippen molar-refractivity contribution >= 4 is 28.3 Å². The smallest absolute Gasteiger partial charge is 0.278 e. The average Bonchev–Trinajstić information content (AvgIpc) is 2.72. The average molecular weight is 412 g/mol. The van der Waals surface area contributed by atoms with Gasteiger partial charge in [0.05, 0.1) is 27.7 Å². The first-order valence-electron chi connectivity index (χ1n) is 9.93. The van der Waals surface area contributed by atoms with Crippen molar-refractivity contribution in [3.05, 3.63) is 80.7 Å². The maximum atomic E-state index is 13.4. The lowest BCUT2D eigenvalue weighted by Gasteiger charge is -2.21. The molecule has 0 saturated heterocycles. The number of amides is 1. The second-order valence-electron chi connectivity index (χ2n) is 7.02. The number of carbonyl (C=O) groups is 1. The van der Waals surface area contributed by atoms with Crippen LogP contribution < -0.4 is 16.3 Å². The molecule has 2 N–H and O–H groups in total. The summed E-state index contributed by atoms with van der Waals surface area (Å²) in [5.74, 6) is -0.225. The Hall–Kier alpha value is -2.79. The van der Waals surface area contributed by atoms with E-state index in [9.17, 15) is 9.59 Å². The van der Waals surface area contributed by atoms with Gasteiger partial charge in [-0.1, -0.05) is 67.9 Å². The Morgan fingerprint density at radius 1 is 1.10 bits per heavy atom. The van der Waals surface area contributed by atoms with Gasteiger partial charge in [0.15, 0.2) is 0 Å². The van der Waals surface area contributed by atoms with Crippen molar-refractivity contribution in [3.8, 4) is 0 Å². The SMILES string of the molecule is CCCNn1c(C)c(C(=O)NC(CC)c2ccccc2)c2cccc(Cl)c2c1=O. The molecular formula is C23H26ClN3O2. The molecule has 0 fully saturated rings. The first kappa shape index (κ1) is 20.9. The van der Waals surface area contributed by atoms with Crippen molar-refractivity contribution in [2.75, 3.05) is 12.0 Å². The molecule has 29 heavy (non-hydrogen) atoms. The van der Waals surface area contributed by atoms with E-state index in [0.717, 1.165) is 18.4 Å². The molecule has 0 aliphatic heterocycles. The number of carbonyl (C=O) groups excluding carboxylic acids is 1. The molecule has 1 unspecified atom stereocenters. The van der Waals surface area contributed by atoms with Gasteiger partial charge in [-0.05, 0) is 31.4 Å². The molecule has 3 rings (SSSR count). The van der Waals surface area contributed by atoms with Crippen LogP contribution in [-0.2, 0) is 0 Å². The fourth-order valence-corrected chi connectivity index (χ4v) is 3.81. The number of nitrogens with zero attached hydrogens (tertiary/aromatic N) is 1. The maximum Gasteiger partial charge on any atom is 0.278 e. The van der Waals surface area contributed by atoms with Crippen molar-refractivity contribution in [2.24, 2.45) is 0 Å². The molecule has 1 heterocycles. The van der Waals surface area contributed by atoms with Crippen LogP contribution in [-0.4, -0.2) is 17.1 Å². The third-order valence-corrected chi connectivity index (χ3v) is 5.37. The summed E-state index contributed by atoms with van der Waals surface area (Å²) < 4.78 is 1.44. The van der Waals surface area contributed by atoms with Gasteiger partial charge in [-0.15, -0.1) is 0 Å². The van der Waals surface area contributed by atoms with Crippen molar-refractivity contribution in [2.45, 2.75) is 39.7 Å². The molecule has 6 heteroatoms. The van der Waals surface area contributed by atoms with E-state index in [4.69, 9.17) is 11.6 Å². The van der Waals surface area contributed by atoms with Crippen LogP contribution in [0.15, 0.2) is 53.3 Å². The van der Waals surface area contributed by atoms with E-state index in [0.29, 0.717) is 33.6 Å². The zero-order valence-corrected chi connectivity index (χ0v) is 17.7. The van der Waals surface area contributed by atoms with E-state index in [-0.39, 0.29) is 17.5 Å². The number of nitrogens with one attached hydrogen (secondary N) is 2. The number of rotatable bonds is 7. The molecule has 1 atom stereocenters. The zero-order valence-electron chi connectivity index (χ0n) is 17.0. The third kappa shape index (κ3) is 4.15. The van der Waals surface area contributed by atoms with E-state index >= 15 is 0 Å². The quantitative estimate of drug-likeness (QED) is 0.587. The van der Waals surface area contributed by atoms with Crippen LogP contribution in [0.2, 0.25) is 5.02 Å². The summed E-state index contributed by atoms with van der Waals surface area (Å²) in [5, 5.41) is 4.38. The van der Waals surface area contributed by atoms with Crippen LogP contribution in [0, 0.1) is 6.92 Å². The second kappa shape index (κ2) is 9.14. The number of hydrogen-bond donors (Lipinski definition) is 2. The van der Waals surface area contributed by atoms with Crippen LogP contribution in [0.1, 0.15) is 54.3 Å². The number of pyridine rings is 1. The van der Waals surface area contributed by atoms with Gasteiger partial charge in [0.25, 0.3) is 11.5 Å². The summed E-state index contributed by atoms with van der Waals surface area (Å²) in [4.78, 5) is 26.4. The third-order valence-electron chi connectivity index (χ3n) is 5.06. The van der Waals surface area contributed by atoms with Gasteiger partial charge >= 0.3 is 0 Å². The molecule has 5 nitrogen and oxygen atoms in total. The predicted molar refractivity (Wildman–Crippen MR) is 119 cm³/mol. The molecule has 3 aromatic rings. The van der Waals surface area contributed by atoms with Crippen molar-refractivity contribution in [3.63, 3.8) is 0 Å². The lowest BCUT2D eigenvalue weighted by molar-refractivity contribution is 0.0936. The summed E-state index contributed by atoms with van der Waals surface area (Å²) in [7, 11) is 0. The number of aromatic nitrogens is 1. The number of benzene rings is 2. The van der Waals surface area contributed by atoms with Crippen LogP contribution in [0.3, 0.4) is 0 Å². The molecule has 0 bridgehead atoms. The maximum absolute atomic E-state index is 13.4. The minimum atomic E-state index is -0.247. The number of halogens is 1. The van der Waals surface area contributed by atoms with E-state index < -0.39 is 0 Å². The fourth-order valence-electron chi connectivity index (χ4n) is 3.56. The summed E-state index contributed by atoms with van der Waals surface area (Å²) in [6, 6.07) is 15.0. The summed E-state index contributed by atoms with van der Waals surface area (Å²) in [5.41, 5.74) is 4.93. The van der Waals surface area contributed by atoms with Gasteiger partial charge in [-0.3, -0.25) is 9.59 Å². The van der Waals surface area contributed by atoms with Crippen LogP contribution in [0.25, 0.3) is 10.8 Å². The van der Waals surface area contributed by atoms with Gasteiger partial charge in [0, 0.05) is 11.9 Å². The Labute approximate surface area is 175 Å². The molecular weight excluding hydrogens is 386 g/mol. The number of fused-ring (bicyclic) bond motifs is 1. The largest absolute Gasteiger partial charge is 0.345 e. The van der Waals surface area contributed by atoms with Crippen LogP contribution in [0.5, 0.6) is 0 Å². The molecule has 0 spiro atoms. The summed E-state index contributed by atoms with van der Waals surface area (Å²) in [6.45, 7) is 6.44. The highest BCUT2D eigenvalue weighted by Crippen LogP contribution is 2.26. The highest BCUT2D eigenvalue weighted by molar-refractivity contribution is 6.36. The highest BCUT2D eigenvalue weighted by Gasteiger charge is 2.23. The molecule has 1 aromatic heterocycles. The lowest BCUT2D eigenvalue weighted by Crippen LogP contribution is -2.36. The molecule has 0 aliphatic rings. The first-order chi connectivity index (χ1) is 14.0. The van der Waals surface area contributed by atoms with Gasteiger partial charge < -0.3 is 10.7 Å². The van der Waals surface area contributed by atoms with Gasteiger partial charge in [-0.25, -0.2) is 4.68 Å². The predicted octanol–water partition coefficient (Wildman–Crippen LogP) is 4.80. The second-order valence-corrected chi connectivity index (χ2v) is 7.42. The van der Waals surface area contributed by atoms with Gasteiger partial charge in [0.1, 0.15) is 0 Å². The molecule has 0 saturated carbocycles. The van der Waals surface area contributed by atoms with E-state index in [1.54, 1.807) is 25.1 Å². The molecule has 152 valence electrons. The monoisotopic (exact) mass is 411 g/mol. The lowest BCUT2D eigenvalue weighted by atomic mass is 10.0. The molecule has 0 radical (unpaired) electrons. The summed E-state index contributed by atoms with van der Waals surface area (Å²) in [6.07, 6.45) is 1.60. The molecule has 1 amide bonds. The van der Waals surface area contributed by atoms with E-state index in [1.165, 1.54) is 4.68 Å². The topological polar surface area (TPSA) is 63.1 Å². The fraction of sp³-hybridized carbons (Fsp3) is 0.304. The van der Waals surface area contributed by atoms with Crippen molar-refractivity contribution < 1.29 is 4.79 Å². The minimum Gasteiger partial charge on any atom is -0.345 e. The van der Waals surface area contributed by atoms with Crippen LogP contribution in [0.4, 0.5) is 0 Å². The Balaban J connectivity index is 2.13. The zero-order chi connectivity index (χ0) is 21.0. The van der Waals surface area contributed by atoms with Crippen LogP contribution >= 0.6 is 11.6 Å². The van der Waals surface area contributed by atoms with E-state index in [1.807, 2.05) is 44.2 Å². The first-order valence-corrected chi connectivity index (χ1v) is 10.3. The molecule has 0 aliphatic carbocycles. The van der Waals surface area contributed by atoms with E-state index in [2.05, 4.69) is 10.7 Å². The van der Waals surface area contributed by atoms with Gasteiger partial charge in [0.2, 0.25) is 0 Å². The van der Waals surface area contributed by atoms with Crippen molar-refractivity contribution in [1.82, 2.24) is 9.99 Å². The normalized spacial score (nSPS) is 12.0. The molecule has 2 aromatic carbocycles. The Morgan fingerprint density at radius 3 is 2.48 bits per heavy atom. The minimum absolute atomic E-state index is 0.124. The van der Waals surface area contributed by atoms with Gasteiger partial charge in [-0.2, -0.15) is 0 Å².